The monoisotopic (exact) mass is 547 g/mol. The van der Waals surface area contributed by atoms with E-state index in [2.05, 4.69) is 5.16 Å². The summed E-state index contributed by atoms with van der Waals surface area (Å²) in [7, 11) is 0. The Morgan fingerprint density at radius 1 is 1.03 bits per heavy atom. The number of rotatable bonds is 3. The molecule has 3 amide bonds. The molecule has 1 N–H and O–H groups in total. The number of carbonyl (C=O) groups excluding carboxylic acids is 3. The molecule has 0 saturated carbocycles. The predicted octanol–water partition coefficient (Wildman–Crippen LogP) is 4.52. The Morgan fingerprint density at radius 2 is 1.68 bits per heavy atom. The van der Waals surface area contributed by atoms with Crippen molar-refractivity contribution >= 4 is 35.0 Å². The van der Waals surface area contributed by atoms with Gasteiger partial charge in [-0.15, -0.1) is 0 Å². The lowest BCUT2D eigenvalue weighted by Gasteiger charge is -2.26. The Labute approximate surface area is 210 Å². The fourth-order valence-corrected chi connectivity index (χ4v) is 4.24. The number of amides is 3. The van der Waals surface area contributed by atoms with Crippen molar-refractivity contribution in [3.05, 3.63) is 69.2 Å². The zero-order valence-corrected chi connectivity index (χ0v) is 19.5. The van der Waals surface area contributed by atoms with Crippen LogP contribution in [0.5, 0.6) is 0 Å². The maximum atomic E-state index is 13.9. The first-order chi connectivity index (χ1) is 17.1. The maximum Gasteiger partial charge on any atom is 0.417 e. The van der Waals surface area contributed by atoms with Crippen molar-refractivity contribution in [3.63, 3.8) is 0 Å². The van der Waals surface area contributed by atoms with Crippen LogP contribution in [0.15, 0.2) is 41.6 Å². The molecule has 0 spiro atoms. The van der Waals surface area contributed by atoms with Crippen molar-refractivity contribution in [2.75, 3.05) is 13.1 Å². The molecule has 7 nitrogen and oxygen atoms in total. The average molecular weight is 548 g/mol. The number of oxime groups is 1. The molecule has 4 rings (SSSR count). The highest BCUT2D eigenvalue weighted by atomic mass is 35.5. The van der Waals surface area contributed by atoms with Crippen molar-refractivity contribution < 1.29 is 45.6 Å². The molecule has 1 fully saturated rings. The molecule has 2 aromatic carbocycles. The van der Waals surface area contributed by atoms with Crippen LogP contribution in [0.25, 0.3) is 0 Å². The Kier molecular flexibility index (Phi) is 6.47. The van der Waals surface area contributed by atoms with Crippen molar-refractivity contribution in [1.82, 2.24) is 10.2 Å². The van der Waals surface area contributed by atoms with E-state index in [-0.39, 0.29) is 28.3 Å². The molecule has 2 aliphatic rings. The Hall–Kier alpha value is -3.61. The van der Waals surface area contributed by atoms with Gasteiger partial charge in [0.2, 0.25) is 11.8 Å². The summed E-state index contributed by atoms with van der Waals surface area (Å²) in [5.41, 5.74) is -4.69. The minimum Gasteiger partial charge on any atom is -0.384 e. The summed E-state index contributed by atoms with van der Waals surface area (Å²) in [6, 6.07) is 5.51. The summed E-state index contributed by atoms with van der Waals surface area (Å²) in [5, 5.41) is 5.53. The molecular weight excluding hydrogens is 532 g/mol. The maximum absolute atomic E-state index is 13.9. The molecular formula is C23H16ClF6N3O4. The van der Waals surface area contributed by atoms with Gasteiger partial charge in [-0.1, -0.05) is 22.8 Å². The highest BCUT2D eigenvalue weighted by molar-refractivity contribution is 6.30. The van der Waals surface area contributed by atoms with Gasteiger partial charge in [0.1, 0.15) is 13.1 Å². The first-order valence-electron chi connectivity index (χ1n) is 10.5. The van der Waals surface area contributed by atoms with E-state index in [9.17, 15) is 40.7 Å². The summed E-state index contributed by atoms with van der Waals surface area (Å²) in [6.07, 6.45) is -9.89. The molecule has 0 aromatic heterocycles. The van der Waals surface area contributed by atoms with Gasteiger partial charge in [-0.05, 0) is 37.3 Å². The smallest absolute Gasteiger partial charge is 0.384 e. The Bertz CT molecular complexity index is 1320. The number of nitrogens with zero attached hydrogens (tertiary/aromatic N) is 2. The number of hydrogen-bond acceptors (Lipinski definition) is 5. The fourth-order valence-electron chi connectivity index (χ4n) is 4.00. The Balaban J connectivity index is 1.65. The van der Waals surface area contributed by atoms with E-state index in [0.29, 0.717) is 11.0 Å². The quantitative estimate of drug-likeness (QED) is 0.452. The number of nitrogens with one attached hydrogen (secondary N) is 1. The van der Waals surface area contributed by atoms with Gasteiger partial charge in [0.05, 0.1) is 22.4 Å². The third-order valence-electron chi connectivity index (χ3n) is 5.82. The zero-order chi connectivity index (χ0) is 27.3. The van der Waals surface area contributed by atoms with Crippen molar-refractivity contribution in [3.8, 4) is 0 Å². The molecule has 2 heterocycles. The summed E-state index contributed by atoms with van der Waals surface area (Å²) in [5.74, 6) is -2.84. The fraction of sp³-hybridized carbons (Fsp3) is 0.304. The lowest BCUT2D eigenvalue weighted by Crippen LogP contribution is -2.53. The molecule has 2 aromatic rings. The van der Waals surface area contributed by atoms with E-state index in [1.54, 1.807) is 0 Å². The van der Waals surface area contributed by atoms with Crippen LogP contribution in [0.1, 0.15) is 46.0 Å². The van der Waals surface area contributed by atoms with Gasteiger partial charge < -0.3 is 9.74 Å². The van der Waals surface area contributed by atoms with Crippen LogP contribution in [0.2, 0.25) is 5.02 Å². The minimum absolute atomic E-state index is 0.00642. The van der Waals surface area contributed by atoms with Crippen LogP contribution < -0.4 is 5.32 Å². The van der Waals surface area contributed by atoms with E-state index in [4.69, 9.17) is 16.4 Å². The van der Waals surface area contributed by atoms with E-state index < -0.39 is 65.5 Å². The molecule has 196 valence electrons. The second-order valence-corrected chi connectivity index (χ2v) is 9.09. The first kappa shape index (κ1) is 26.5. The van der Waals surface area contributed by atoms with Crippen LogP contribution in [0.3, 0.4) is 0 Å². The van der Waals surface area contributed by atoms with Crippen LogP contribution in [0, 0.1) is 0 Å². The molecule has 37 heavy (non-hydrogen) atoms. The normalized spacial score (nSPS) is 20.4. The number of benzene rings is 2. The van der Waals surface area contributed by atoms with E-state index in [1.807, 2.05) is 5.32 Å². The van der Waals surface area contributed by atoms with Gasteiger partial charge in [-0.2, -0.15) is 26.3 Å². The number of imide groups is 1. The molecule has 14 heteroatoms. The average Bonchev–Trinajstić information content (AvgIpc) is 3.19. The van der Waals surface area contributed by atoms with Gasteiger partial charge in [-0.25, -0.2) is 0 Å². The van der Waals surface area contributed by atoms with Gasteiger partial charge in [0, 0.05) is 22.6 Å². The number of halogens is 7. The van der Waals surface area contributed by atoms with E-state index in [0.717, 1.165) is 18.2 Å². The second-order valence-electron chi connectivity index (χ2n) is 8.65. The molecule has 0 radical (unpaired) electrons. The summed E-state index contributed by atoms with van der Waals surface area (Å²) in [4.78, 5) is 41.9. The number of carbonyl (C=O) groups is 3. The number of alkyl halides is 6. The standard InChI is InChI=1S/C23H16ClF6N3O4/c1-21(12-5-13(22(25,26)27)7-14(24)6-12)8-17(32-37-21)11-2-3-15(16(4-11)23(28,29)30)20(36)33-9-18(34)31-19(35)10-33/h2-7H,8-10H2,1H3,(H,31,34,35). The van der Waals surface area contributed by atoms with Gasteiger partial charge in [0.25, 0.3) is 5.91 Å². The topological polar surface area (TPSA) is 88.1 Å². The molecule has 0 bridgehead atoms. The van der Waals surface area contributed by atoms with Gasteiger partial charge in [0.15, 0.2) is 5.60 Å². The first-order valence-corrected chi connectivity index (χ1v) is 10.9. The highest BCUT2D eigenvalue weighted by Crippen LogP contribution is 2.41. The lowest BCUT2D eigenvalue weighted by molar-refractivity contribution is -0.138. The van der Waals surface area contributed by atoms with Crippen molar-refractivity contribution in [1.29, 1.82) is 0 Å². The largest absolute Gasteiger partial charge is 0.417 e. The minimum atomic E-state index is -5.00. The number of piperazine rings is 1. The van der Waals surface area contributed by atoms with Crippen molar-refractivity contribution in [2.45, 2.75) is 31.3 Å². The van der Waals surface area contributed by atoms with E-state index >= 15 is 0 Å². The summed E-state index contributed by atoms with van der Waals surface area (Å²) in [6.45, 7) is 0.223. The zero-order valence-electron chi connectivity index (χ0n) is 18.8. The predicted molar refractivity (Wildman–Crippen MR) is 117 cm³/mol. The summed E-state index contributed by atoms with van der Waals surface area (Å²) >= 11 is 5.85. The van der Waals surface area contributed by atoms with Crippen LogP contribution >= 0.6 is 11.6 Å². The van der Waals surface area contributed by atoms with Crippen LogP contribution in [-0.2, 0) is 32.4 Å². The van der Waals surface area contributed by atoms with Crippen LogP contribution in [0.4, 0.5) is 26.3 Å². The molecule has 1 saturated heterocycles. The Morgan fingerprint density at radius 3 is 2.27 bits per heavy atom. The highest BCUT2D eigenvalue weighted by Gasteiger charge is 2.42. The third kappa shape index (κ3) is 5.41. The van der Waals surface area contributed by atoms with Gasteiger partial charge in [-0.3, -0.25) is 19.7 Å². The van der Waals surface area contributed by atoms with Gasteiger partial charge >= 0.3 is 12.4 Å². The van der Waals surface area contributed by atoms with Crippen molar-refractivity contribution in [2.24, 2.45) is 5.16 Å². The second kappa shape index (κ2) is 9.05. The summed E-state index contributed by atoms with van der Waals surface area (Å²) < 4.78 is 81.4. The third-order valence-corrected chi connectivity index (χ3v) is 6.04. The molecule has 0 aliphatic carbocycles. The van der Waals surface area contributed by atoms with E-state index in [1.165, 1.54) is 19.1 Å². The molecule has 2 aliphatic heterocycles. The molecule has 1 unspecified atom stereocenters. The molecule has 1 atom stereocenters. The lowest BCUT2D eigenvalue weighted by atomic mass is 9.87. The SMILES string of the molecule is CC1(c2cc(Cl)cc(C(F)(F)F)c2)CC(c2ccc(C(=O)N3CC(=O)NC(=O)C3)c(C(F)(F)F)c2)=NO1. The van der Waals surface area contributed by atoms with Crippen LogP contribution in [-0.4, -0.2) is 41.4 Å². The number of hydrogen-bond donors (Lipinski definition) is 1.